The molecule has 0 spiro atoms. The van der Waals surface area contributed by atoms with E-state index in [1.54, 1.807) is 6.92 Å². The Morgan fingerprint density at radius 2 is 1.02 bits per heavy atom. The molecule has 2 atom stereocenters. The summed E-state index contributed by atoms with van der Waals surface area (Å²) in [6, 6.07) is -2.52. The summed E-state index contributed by atoms with van der Waals surface area (Å²) in [5.74, 6) is -73.7. The molecule has 270 valence electrons. The number of carbonyl (C=O) groups is 2. The van der Waals surface area contributed by atoms with Gasteiger partial charge in [0.15, 0.2) is 0 Å². The van der Waals surface area contributed by atoms with E-state index >= 15 is 0 Å². The number of alkyl halides is 19. The van der Waals surface area contributed by atoms with Crippen LogP contribution in [0.25, 0.3) is 0 Å². The first-order valence-electron chi connectivity index (χ1n) is 12.8. The molecular weight excluding hydrogens is 699 g/mol. The maximum Gasteiger partial charge on any atom is 0.460 e. The van der Waals surface area contributed by atoms with E-state index in [9.17, 15) is 93.0 Å². The number of nitrogens with zero attached hydrogens (tertiary/aromatic N) is 2. The van der Waals surface area contributed by atoms with E-state index in [1.807, 2.05) is 4.90 Å². The molecule has 0 aromatic heterocycles. The molecule has 0 radical (unpaired) electrons. The van der Waals surface area contributed by atoms with Crippen molar-refractivity contribution in [3.8, 4) is 0 Å². The number of amides is 2. The molecule has 0 saturated carbocycles. The van der Waals surface area contributed by atoms with Crippen molar-refractivity contribution in [1.82, 2.24) is 15.1 Å². The van der Waals surface area contributed by atoms with E-state index < -0.39 is 95.7 Å². The first-order chi connectivity index (χ1) is 20.3. The highest BCUT2D eigenvalue weighted by molar-refractivity contribution is 5.92. The Bertz CT molecular complexity index is 1140. The number of nitrogens with one attached hydrogen (secondary N) is 1. The van der Waals surface area contributed by atoms with Crippen molar-refractivity contribution in [3.05, 3.63) is 0 Å². The van der Waals surface area contributed by atoms with Crippen LogP contribution in [0.3, 0.4) is 0 Å². The Balaban J connectivity index is 2.44. The topological polar surface area (TPSA) is 52.7 Å². The molecular formula is C22H22F19N3O2. The second-order valence-corrected chi connectivity index (χ2v) is 10.4. The Hall–Kier alpha value is -2.43. The van der Waals surface area contributed by atoms with Crippen LogP contribution in [0.4, 0.5) is 83.4 Å². The first kappa shape index (κ1) is 39.7. The molecule has 46 heavy (non-hydrogen) atoms. The van der Waals surface area contributed by atoms with Crippen LogP contribution < -0.4 is 5.32 Å². The van der Waals surface area contributed by atoms with E-state index in [4.69, 9.17) is 0 Å². The van der Waals surface area contributed by atoms with Crippen LogP contribution in [0.2, 0.25) is 0 Å². The Kier molecular flexibility index (Phi) is 10.3. The standard InChI is InChI=1S/C22H22F19N3O2/c1-2-43-7-3-5-10(43)9-42-12(45)11-6-4-8-44(11)13(46)14(23,24)15(25,26)16(27,28)17(29,30)18(31,32)19(33,34)20(35,36)21(37,38)22(39,40)41/h10-11H,2-9H2,1H3,(H,42,45)/t10?,11-/m0/s1. The third-order valence-electron chi connectivity index (χ3n) is 7.62. The van der Waals surface area contributed by atoms with Crippen molar-refractivity contribution in [3.63, 3.8) is 0 Å². The molecule has 5 nitrogen and oxygen atoms in total. The minimum Gasteiger partial charge on any atom is -0.353 e. The van der Waals surface area contributed by atoms with Crippen molar-refractivity contribution in [2.45, 2.75) is 98.2 Å². The molecule has 2 rings (SSSR count). The van der Waals surface area contributed by atoms with E-state index in [0.717, 1.165) is 0 Å². The van der Waals surface area contributed by atoms with E-state index in [-0.39, 0.29) is 12.6 Å². The van der Waals surface area contributed by atoms with Gasteiger partial charge in [0.05, 0.1) is 0 Å². The van der Waals surface area contributed by atoms with Gasteiger partial charge >= 0.3 is 59.5 Å². The first-order valence-corrected chi connectivity index (χ1v) is 12.8. The zero-order valence-electron chi connectivity index (χ0n) is 22.7. The van der Waals surface area contributed by atoms with Gasteiger partial charge in [-0.15, -0.1) is 0 Å². The summed E-state index contributed by atoms with van der Waals surface area (Å²) in [6.45, 7) is 1.39. The molecule has 1 unspecified atom stereocenters. The highest BCUT2D eigenvalue weighted by atomic mass is 19.4. The van der Waals surface area contributed by atoms with E-state index in [2.05, 4.69) is 5.32 Å². The normalized spacial score (nSPS) is 22.0. The molecule has 2 heterocycles. The van der Waals surface area contributed by atoms with Crippen molar-refractivity contribution in [1.29, 1.82) is 0 Å². The molecule has 2 amide bonds. The van der Waals surface area contributed by atoms with Crippen molar-refractivity contribution >= 4 is 11.8 Å². The molecule has 24 heteroatoms. The van der Waals surface area contributed by atoms with Crippen LogP contribution in [-0.2, 0) is 9.59 Å². The summed E-state index contributed by atoms with van der Waals surface area (Å²) in [6.07, 6.45) is -7.97. The van der Waals surface area contributed by atoms with Crippen LogP contribution in [0.1, 0.15) is 32.6 Å². The maximum absolute atomic E-state index is 14.6. The van der Waals surface area contributed by atoms with Gasteiger partial charge in [-0.1, -0.05) is 6.92 Å². The number of hydrogen-bond acceptors (Lipinski definition) is 3. The molecule has 0 aromatic carbocycles. The third kappa shape index (κ3) is 5.60. The van der Waals surface area contributed by atoms with Gasteiger partial charge in [0.2, 0.25) is 5.91 Å². The van der Waals surface area contributed by atoms with Gasteiger partial charge in [0, 0.05) is 19.1 Å². The molecule has 2 aliphatic heterocycles. The lowest BCUT2D eigenvalue weighted by Gasteiger charge is -2.44. The van der Waals surface area contributed by atoms with Gasteiger partial charge in [-0.3, -0.25) is 14.5 Å². The number of hydrogen-bond donors (Lipinski definition) is 1. The SMILES string of the molecule is CCN1CCCC1CNC(=O)[C@@H]1CCCN1C(=O)C(F)(F)C(F)(F)C(F)(F)C(F)(F)C(F)(F)C(F)(F)C(F)(F)C(F)(F)C(F)(F)F. The summed E-state index contributed by atoms with van der Waals surface area (Å²) >= 11 is 0. The lowest BCUT2D eigenvalue weighted by molar-refractivity contribution is -0.467. The summed E-state index contributed by atoms with van der Waals surface area (Å²) in [5.41, 5.74) is 0. The average Bonchev–Trinajstić information content (AvgIpc) is 3.59. The fraction of sp³-hybridized carbons (Fsp3) is 0.909. The van der Waals surface area contributed by atoms with Gasteiger partial charge in [0.25, 0.3) is 0 Å². The summed E-state index contributed by atoms with van der Waals surface area (Å²) in [4.78, 5) is 26.0. The quantitative estimate of drug-likeness (QED) is 0.244. The number of carbonyl (C=O) groups excluding carboxylic acids is 2. The van der Waals surface area contributed by atoms with Gasteiger partial charge in [-0.05, 0) is 38.8 Å². The highest BCUT2D eigenvalue weighted by Crippen LogP contribution is 2.65. The Morgan fingerprint density at radius 1 is 0.609 bits per heavy atom. The molecule has 0 bridgehead atoms. The van der Waals surface area contributed by atoms with Crippen LogP contribution in [0.5, 0.6) is 0 Å². The van der Waals surface area contributed by atoms with Crippen LogP contribution in [-0.4, -0.2) is 113 Å². The lowest BCUT2D eigenvalue weighted by atomic mass is 9.87. The molecule has 2 saturated heterocycles. The summed E-state index contributed by atoms with van der Waals surface area (Å²) in [5, 5.41) is 2.16. The number of likely N-dealkylation sites (N-methyl/N-ethyl adjacent to an activating group) is 1. The molecule has 2 fully saturated rings. The largest absolute Gasteiger partial charge is 0.460 e. The summed E-state index contributed by atoms with van der Waals surface area (Å²) in [7, 11) is 0. The minimum atomic E-state index is -9.08. The van der Waals surface area contributed by atoms with Gasteiger partial charge in [-0.2, -0.15) is 83.4 Å². The van der Waals surface area contributed by atoms with Gasteiger partial charge < -0.3 is 10.2 Å². The zero-order valence-corrected chi connectivity index (χ0v) is 22.7. The van der Waals surface area contributed by atoms with Gasteiger partial charge in [-0.25, -0.2) is 0 Å². The van der Waals surface area contributed by atoms with Crippen LogP contribution in [0, 0.1) is 0 Å². The lowest BCUT2D eigenvalue weighted by Crippen LogP contribution is -2.76. The van der Waals surface area contributed by atoms with Crippen molar-refractivity contribution in [2.24, 2.45) is 0 Å². The molecule has 0 aromatic rings. The number of rotatable bonds is 12. The molecule has 0 aliphatic carbocycles. The van der Waals surface area contributed by atoms with Crippen LogP contribution >= 0.6 is 0 Å². The van der Waals surface area contributed by atoms with Crippen LogP contribution in [0.15, 0.2) is 0 Å². The minimum absolute atomic E-state index is 0.219. The van der Waals surface area contributed by atoms with E-state index in [0.29, 0.717) is 25.9 Å². The van der Waals surface area contributed by atoms with Crippen molar-refractivity contribution < 1.29 is 93.0 Å². The maximum atomic E-state index is 14.6. The zero-order chi connectivity index (χ0) is 36.3. The fourth-order valence-corrected chi connectivity index (χ4v) is 4.84. The second-order valence-electron chi connectivity index (χ2n) is 10.4. The number of likely N-dealkylation sites (tertiary alicyclic amines) is 2. The predicted octanol–water partition coefficient (Wildman–Crippen LogP) is 6.22. The highest BCUT2D eigenvalue weighted by Gasteiger charge is 2.97. The average molecular weight is 721 g/mol. The monoisotopic (exact) mass is 721 g/mol. The fourth-order valence-electron chi connectivity index (χ4n) is 4.84. The van der Waals surface area contributed by atoms with Gasteiger partial charge in [0.1, 0.15) is 6.04 Å². The number of halogens is 19. The molecule has 1 N–H and O–H groups in total. The smallest absolute Gasteiger partial charge is 0.353 e. The Morgan fingerprint density at radius 3 is 1.46 bits per heavy atom. The van der Waals surface area contributed by atoms with E-state index in [1.165, 1.54) is 0 Å². The summed E-state index contributed by atoms with van der Waals surface area (Å²) < 4.78 is 258. The predicted molar refractivity (Wildman–Crippen MR) is 114 cm³/mol. The Labute approximate surface area is 245 Å². The third-order valence-corrected chi connectivity index (χ3v) is 7.62. The second kappa shape index (κ2) is 11.9. The van der Waals surface area contributed by atoms with Crippen molar-refractivity contribution in [2.75, 3.05) is 26.2 Å². The molecule has 2 aliphatic rings.